The number of thiophene rings is 1. The number of amides is 3. The van der Waals surface area contributed by atoms with Crippen molar-refractivity contribution in [3.63, 3.8) is 0 Å². The lowest BCUT2D eigenvalue weighted by molar-refractivity contribution is -0.140. The molecule has 3 heterocycles. The van der Waals surface area contributed by atoms with Crippen LogP contribution in [0.3, 0.4) is 0 Å². The maximum Gasteiger partial charge on any atom is 0.323 e. The Bertz CT molecular complexity index is 948. The standard InChI is InChI=1S/C16H10N2O7S4/c19-11(20)5-17-13(23)9(28-15(17)25)3-7-1-2-8(27-7)4-10-14(24)18(6-12(21)22)16(26)29-10/h1-4H,5-6H2,(H,19,20)(H,21,22)/b9-3-,10-4-. The molecule has 1 aromatic heterocycles. The molecule has 2 aliphatic rings. The second kappa shape index (κ2) is 8.49. The molecule has 0 bridgehead atoms. The fourth-order valence-electron chi connectivity index (χ4n) is 2.33. The monoisotopic (exact) mass is 470 g/mol. The van der Waals surface area contributed by atoms with Crippen LogP contribution in [0.2, 0.25) is 0 Å². The highest BCUT2D eigenvalue weighted by atomic mass is 32.2. The summed E-state index contributed by atoms with van der Waals surface area (Å²) in [5, 5.41) is 17.0. The Morgan fingerprint density at radius 3 is 1.93 bits per heavy atom. The highest BCUT2D eigenvalue weighted by Gasteiger charge is 2.36. The first kappa shape index (κ1) is 21.2. The molecule has 0 radical (unpaired) electrons. The molecule has 29 heavy (non-hydrogen) atoms. The van der Waals surface area contributed by atoms with E-state index >= 15 is 0 Å². The van der Waals surface area contributed by atoms with Gasteiger partial charge in [-0.3, -0.25) is 33.8 Å². The van der Waals surface area contributed by atoms with E-state index in [0.717, 1.165) is 16.7 Å². The van der Waals surface area contributed by atoms with Crippen LogP contribution in [0.4, 0.5) is 4.79 Å². The second-order valence-corrected chi connectivity index (χ2v) is 9.38. The van der Waals surface area contributed by atoms with Crippen molar-refractivity contribution in [2.24, 2.45) is 0 Å². The van der Waals surface area contributed by atoms with Crippen LogP contribution in [0.15, 0.2) is 21.9 Å². The maximum atomic E-state index is 12.3. The van der Waals surface area contributed by atoms with Crippen LogP contribution in [0.25, 0.3) is 12.2 Å². The molecule has 0 aliphatic carbocycles. The van der Waals surface area contributed by atoms with E-state index in [-0.39, 0.29) is 14.1 Å². The molecular weight excluding hydrogens is 460 g/mol. The molecule has 1 aromatic rings. The molecule has 3 rings (SSSR count). The average molecular weight is 471 g/mol. The lowest BCUT2D eigenvalue weighted by Gasteiger charge is -2.09. The number of carbonyl (C=O) groups is 5. The first-order valence-corrected chi connectivity index (χ1v) is 10.6. The number of nitrogens with zero attached hydrogens (tertiary/aromatic N) is 2. The largest absolute Gasteiger partial charge is 0.480 e. The number of carbonyl (C=O) groups excluding carboxylic acids is 3. The van der Waals surface area contributed by atoms with Gasteiger partial charge in [0.2, 0.25) is 0 Å². The number of thiocarbonyl (C=S) groups is 1. The minimum atomic E-state index is -1.29. The first-order chi connectivity index (χ1) is 13.7. The highest BCUT2D eigenvalue weighted by molar-refractivity contribution is 8.26. The molecule has 0 saturated carbocycles. The number of hydrogen-bond acceptors (Lipinski definition) is 9. The summed E-state index contributed by atoms with van der Waals surface area (Å²) in [7, 11) is 0. The van der Waals surface area contributed by atoms with Gasteiger partial charge >= 0.3 is 11.9 Å². The molecule has 3 amide bonds. The Balaban J connectivity index is 1.77. The van der Waals surface area contributed by atoms with Crippen LogP contribution in [-0.2, 0) is 19.2 Å². The van der Waals surface area contributed by atoms with Gasteiger partial charge in [0.05, 0.1) is 9.81 Å². The van der Waals surface area contributed by atoms with Crippen molar-refractivity contribution in [2.45, 2.75) is 0 Å². The summed E-state index contributed by atoms with van der Waals surface area (Å²) in [4.78, 5) is 61.2. The molecule has 0 unspecified atom stereocenters. The first-order valence-electron chi connectivity index (χ1n) is 7.70. The van der Waals surface area contributed by atoms with E-state index in [2.05, 4.69) is 0 Å². The molecular formula is C16H10N2O7S4. The summed E-state index contributed by atoms with van der Waals surface area (Å²) in [6, 6.07) is 3.38. The van der Waals surface area contributed by atoms with Gasteiger partial charge in [0, 0.05) is 9.75 Å². The summed E-state index contributed by atoms with van der Waals surface area (Å²) < 4.78 is 0.160. The Morgan fingerprint density at radius 2 is 1.38 bits per heavy atom. The molecule has 2 aliphatic heterocycles. The van der Waals surface area contributed by atoms with Crippen LogP contribution in [-0.4, -0.2) is 66.4 Å². The smallest absolute Gasteiger partial charge is 0.323 e. The fraction of sp³-hybridized carbons (Fsp3) is 0.125. The van der Waals surface area contributed by atoms with Crippen molar-refractivity contribution in [1.82, 2.24) is 9.80 Å². The molecule has 0 atom stereocenters. The summed E-state index contributed by atoms with van der Waals surface area (Å²) in [6.07, 6.45) is 3.05. The Morgan fingerprint density at radius 1 is 0.897 bits per heavy atom. The predicted octanol–water partition coefficient (Wildman–Crippen LogP) is 2.15. The van der Waals surface area contributed by atoms with E-state index in [1.165, 1.54) is 17.4 Å². The van der Waals surface area contributed by atoms with E-state index in [0.29, 0.717) is 26.4 Å². The molecule has 2 fully saturated rings. The summed E-state index contributed by atoms with van der Waals surface area (Å²) in [5.74, 6) is -3.62. The van der Waals surface area contributed by atoms with Crippen LogP contribution < -0.4 is 0 Å². The van der Waals surface area contributed by atoms with Crippen molar-refractivity contribution >= 4 is 92.5 Å². The van der Waals surface area contributed by atoms with Crippen molar-refractivity contribution in [1.29, 1.82) is 0 Å². The highest BCUT2D eigenvalue weighted by Crippen LogP contribution is 2.36. The van der Waals surface area contributed by atoms with E-state index in [1.807, 2.05) is 0 Å². The Kier molecular flexibility index (Phi) is 6.21. The van der Waals surface area contributed by atoms with Gasteiger partial charge in [-0.2, -0.15) is 0 Å². The molecule has 9 nitrogen and oxygen atoms in total. The topological polar surface area (TPSA) is 132 Å². The van der Waals surface area contributed by atoms with Gasteiger partial charge in [0.1, 0.15) is 17.4 Å². The fourth-order valence-corrected chi connectivity index (χ4v) is 5.45. The molecule has 2 saturated heterocycles. The third kappa shape index (κ3) is 4.75. The van der Waals surface area contributed by atoms with Crippen LogP contribution in [0.5, 0.6) is 0 Å². The Labute approximate surface area is 181 Å². The van der Waals surface area contributed by atoms with Crippen LogP contribution in [0, 0.1) is 0 Å². The number of hydrogen-bond donors (Lipinski definition) is 2. The normalized spacial score (nSPS) is 19.9. The molecule has 2 N–H and O–H groups in total. The summed E-state index contributed by atoms with van der Waals surface area (Å²) >= 11 is 7.92. The zero-order valence-corrected chi connectivity index (χ0v) is 17.5. The van der Waals surface area contributed by atoms with Crippen molar-refractivity contribution < 1.29 is 34.2 Å². The summed E-state index contributed by atoms with van der Waals surface area (Å²) in [5.41, 5.74) is 0. The summed E-state index contributed by atoms with van der Waals surface area (Å²) in [6.45, 7) is -1.21. The number of rotatable bonds is 6. The van der Waals surface area contributed by atoms with E-state index in [9.17, 15) is 24.0 Å². The van der Waals surface area contributed by atoms with Gasteiger partial charge in [-0.05, 0) is 36.0 Å². The van der Waals surface area contributed by atoms with Gasteiger partial charge in [0.25, 0.3) is 17.1 Å². The van der Waals surface area contributed by atoms with Gasteiger partial charge in [-0.25, -0.2) is 0 Å². The molecule has 0 spiro atoms. The zero-order chi connectivity index (χ0) is 21.3. The van der Waals surface area contributed by atoms with Gasteiger partial charge in [0.15, 0.2) is 0 Å². The minimum absolute atomic E-state index is 0.109. The average Bonchev–Trinajstić information content (AvgIpc) is 3.25. The third-order valence-electron chi connectivity index (χ3n) is 3.53. The van der Waals surface area contributed by atoms with Crippen molar-refractivity contribution in [3.05, 3.63) is 31.7 Å². The number of imide groups is 1. The second-order valence-electron chi connectivity index (χ2n) is 5.56. The predicted molar refractivity (Wildman–Crippen MR) is 112 cm³/mol. The zero-order valence-electron chi connectivity index (χ0n) is 14.2. The van der Waals surface area contributed by atoms with Gasteiger partial charge < -0.3 is 10.2 Å². The van der Waals surface area contributed by atoms with Gasteiger partial charge in [-0.1, -0.05) is 24.0 Å². The van der Waals surface area contributed by atoms with Crippen LogP contribution in [0.1, 0.15) is 9.75 Å². The Hall–Kier alpha value is -2.48. The molecule has 13 heteroatoms. The number of carboxylic acids is 2. The molecule has 150 valence electrons. The minimum Gasteiger partial charge on any atom is -0.480 e. The van der Waals surface area contributed by atoms with E-state index in [1.54, 1.807) is 18.2 Å². The van der Waals surface area contributed by atoms with Crippen molar-refractivity contribution in [3.8, 4) is 0 Å². The van der Waals surface area contributed by atoms with E-state index < -0.39 is 42.1 Å². The lowest BCUT2D eigenvalue weighted by atomic mass is 10.3. The quantitative estimate of drug-likeness (QED) is 0.471. The van der Waals surface area contributed by atoms with Crippen LogP contribution >= 0.6 is 47.1 Å². The number of carboxylic acid groups (broad SMARTS) is 2. The third-order valence-corrected chi connectivity index (χ3v) is 6.79. The maximum absolute atomic E-state index is 12.3. The molecule has 0 aromatic carbocycles. The van der Waals surface area contributed by atoms with E-state index in [4.69, 9.17) is 22.4 Å². The number of thioether (sulfide) groups is 2. The van der Waals surface area contributed by atoms with Gasteiger partial charge in [-0.15, -0.1) is 11.3 Å². The SMILES string of the molecule is O=C(O)CN1C(=O)S/C(=C\c2ccc(/C=C3\SC(=S)N(CC(=O)O)C3=O)s2)C1=O. The lowest BCUT2D eigenvalue weighted by Crippen LogP contribution is -2.33. The number of aliphatic carboxylic acids is 2. The van der Waals surface area contributed by atoms with Crippen molar-refractivity contribution in [2.75, 3.05) is 13.1 Å².